The predicted octanol–water partition coefficient (Wildman–Crippen LogP) is 4.47. The van der Waals surface area contributed by atoms with Crippen molar-refractivity contribution in [1.29, 1.82) is 0 Å². The molecular weight excluding hydrogens is 454 g/mol. The number of urea groups is 1. The molecule has 3 amide bonds. The van der Waals surface area contributed by atoms with Gasteiger partial charge < -0.3 is 21.1 Å². The molecule has 0 spiro atoms. The van der Waals surface area contributed by atoms with Gasteiger partial charge in [0.05, 0.1) is 11.7 Å². The Hall–Kier alpha value is -2.32. The Morgan fingerprint density at radius 2 is 1.92 bits per heavy atom. The van der Waals surface area contributed by atoms with E-state index in [4.69, 9.17) is 0 Å². The zero-order valence-electron chi connectivity index (χ0n) is 12.7. The summed E-state index contributed by atoms with van der Waals surface area (Å²) >= 11 is 6.72. The van der Waals surface area contributed by atoms with Crippen molar-refractivity contribution in [3.05, 3.63) is 68.8 Å². The summed E-state index contributed by atoms with van der Waals surface area (Å²) < 4.78 is 1.54. The van der Waals surface area contributed by atoms with Crippen LogP contribution in [0, 0.1) is 0 Å². The minimum atomic E-state index is -0.666. The Morgan fingerprint density at radius 1 is 1.16 bits per heavy atom. The van der Waals surface area contributed by atoms with Crippen LogP contribution in [-0.4, -0.2) is 17.0 Å². The first kappa shape index (κ1) is 17.5. The molecule has 1 unspecified atom stereocenters. The molecule has 0 saturated carbocycles. The molecule has 0 aliphatic carbocycles. The van der Waals surface area contributed by atoms with Crippen LogP contribution in [0.5, 0.6) is 0 Å². The number of rotatable bonds is 2. The summed E-state index contributed by atoms with van der Waals surface area (Å²) in [5, 5.41) is 17.9. The highest BCUT2D eigenvalue weighted by atomic mass is 79.9. The number of amides is 3. The lowest BCUT2D eigenvalue weighted by atomic mass is 10.1. The maximum Gasteiger partial charge on any atom is 0.320 e. The van der Waals surface area contributed by atoms with E-state index in [0.29, 0.717) is 16.9 Å². The first-order valence-corrected chi connectivity index (χ1v) is 8.86. The van der Waals surface area contributed by atoms with Gasteiger partial charge in [0.2, 0.25) is 0 Å². The first-order valence-electron chi connectivity index (χ1n) is 7.27. The van der Waals surface area contributed by atoms with E-state index in [9.17, 15) is 14.7 Å². The Labute approximate surface area is 160 Å². The zero-order chi connectivity index (χ0) is 18.0. The number of fused-ring (bicyclic) bond motifs is 1. The maximum absolute atomic E-state index is 12.4. The second-order valence-corrected chi connectivity index (χ2v) is 7.06. The molecule has 0 bridgehead atoms. The third-order valence-corrected chi connectivity index (χ3v) is 4.75. The number of nitrogens with one attached hydrogen (secondary N) is 3. The van der Waals surface area contributed by atoms with Gasteiger partial charge in [-0.2, -0.15) is 0 Å². The Balaban J connectivity index is 1.84. The quantitative estimate of drug-likeness (QED) is 0.526. The van der Waals surface area contributed by atoms with Crippen molar-refractivity contribution in [2.24, 2.45) is 0 Å². The number of carbonyl (C=O) groups excluding carboxylic acids is 2. The average Bonchev–Trinajstić information content (AvgIpc) is 2.68. The van der Waals surface area contributed by atoms with Crippen LogP contribution >= 0.6 is 31.9 Å². The summed E-state index contributed by atoms with van der Waals surface area (Å²) in [4.78, 5) is 24.2. The van der Waals surface area contributed by atoms with Crippen LogP contribution in [-0.2, 0) is 4.79 Å². The van der Waals surface area contributed by atoms with Gasteiger partial charge in [-0.3, -0.25) is 4.79 Å². The molecule has 2 aromatic carbocycles. The Morgan fingerprint density at radius 3 is 2.72 bits per heavy atom. The zero-order valence-corrected chi connectivity index (χ0v) is 15.9. The van der Waals surface area contributed by atoms with E-state index < -0.39 is 23.7 Å². The Bertz CT molecular complexity index is 883. The fraction of sp³-hybridized carbons (Fsp3) is 0.0588. The second kappa shape index (κ2) is 7.28. The molecule has 1 aliphatic rings. The van der Waals surface area contributed by atoms with Gasteiger partial charge in [-0.1, -0.05) is 34.1 Å². The van der Waals surface area contributed by atoms with Crippen molar-refractivity contribution < 1.29 is 14.7 Å². The van der Waals surface area contributed by atoms with Crippen molar-refractivity contribution in [3.8, 4) is 0 Å². The predicted molar refractivity (Wildman–Crippen MR) is 103 cm³/mol. The van der Waals surface area contributed by atoms with Gasteiger partial charge >= 0.3 is 6.03 Å². The van der Waals surface area contributed by atoms with E-state index >= 15 is 0 Å². The third-order valence-electron chi connectivity index (χ3n) is 3.56. The van der Waals surface area contributed by atoms with E-state index in [-0.39, 0.29) is 0 Å². The summed E-state index contributed by atoms with van der Waals surface area (Å²) in [6, 6.07) is 11.3. The van der Waals surface area contributed by atoms with Crippen molar-refractivity contribution in [2.75, 3.05) is 10.6 Å². The van der Waals surface area contributed by atoms with Crippen LogP contribution in [0.3, 0.4) is 0 Å². The monoisotopic (exact) mass is 465 g/mol. The third kappa shape index (κ3) is 4.02. The van der Waals surface area contributed by atoms with Crippen molar-refractivity contribution in [2.45, 2.75) is 6.04 Å². The van der Waals surface area contributed by atoms with Crippen LogP contribution in [0.2, 0.25) is 0 Å². The number of para-hydroxylation sites is 1. The van der Waals surface area contributed by atoms with Crippen molar-refractivity contribution in [3.63, 3.8) is 0 Å². The van der Waals surface area contributed by atoms with Gasteiger partial charge in [-0.25, -0.2) is 4.79 Å². The van der Waals surface area contributed by atoms with E-state index in [1.165, 1.54) is 6.08 Å². The summed E-state index contributed by atoms with van der Waals surface area (Å²) in [5.41, 5.74) is 1.78. The molecule has 0 aromatic heterocycles. The van der Waals surface area contributed by atoms with Gasteiger partial charge in [0.15, 0.2) is 5.76 Å². The van der Waals surface area contributed by atoms with E-state index in [1.807, 2.05) is 6.07 Å². The van der Waals surface area contributed by atoms with Crippen molar-refractivity contribution in [1.82, 2.24) is 5.32 Å². The molecule has 4 N–H and O–H groups in total. The highest BCUT2D eigenvalue weighted by Crippen LogP contribution is 2.29. The molecule has 3 rings (SSSR count). The number of halogens is 2. The normalized spacial score (nSPS) is 16.2. The van der Waals surface area contributed by atoms with Gasteiger partial charge in [0.1, 0.15) is 0 Å². The van der Waals surface area contributed by atoms with Crippen LogP contribution in [0.25, 0.3) is 0 Å². The van der Waals surface area contributed by atoms with Crippen molar-refractivity contribution >= 4 is 55.2 Å². The van der Waals surface area contributed by atoms with E-state index in [2.05, 4.69) is 47.8 Å². The summed E-state index contributed by atoms with van der Waals surface area (Å²) in [7, 11) is 0. The first-order chi connectivity index (χ1) is 11.9. The van der Waals surface area contributed by atoms with Gasteiger partial charge in [0.25, 0.3) is 5.91 Å². The molecular formula is C17H13Br2N3O3. The molecule has 0 saturated heterocycles. The van der Waals surface area contributed by atoms with Gasteiger partial charge in [-0.15, -0.1) is 0 Å². The molecule has 2 aromatic rings. The van der Waals surface area contributed by atoms with E-state index in [1.54, 1.807) is 36.4 Å². The van der Waals surface area contributed by atoms with Gasteiger partial charge in [0, 0.05) is 20.2 Å². The number of hydrogen-bond donors (Lipinski definition) is 4. The number of aliphatic hydroxyl groups is 1. The number of benzene rings is 2. The maximum atomic E-state index is 12.4. The lowest BCUT2D eigenvalue weighted by Gasteiger charge is -2.17. The molecule has 128 valence electrons. The fourth-order valence-corrected chi connectivity index (χ4v) is 3.11. The van der Waals surface area contributed by atoms with Crippen LogP contribution in [0.15, 0.2) is 63.2 Å². The highest BCUT2D eigenvalue weighted by molar-refractivity contribution is 9.11. The molecule has 25 heavy (non-hydrogen) atoms. The lowest BCUT2D eigenvalue weighted by molar-refractivity contribution is -0.115. The number of carbonyl (C=O) groups is 2. The topological polar surface area (TPSA) is 90.5 Å². The smallest absolute Gasteiger partial charge is 0.320 e. The number of anilines is 2. The van der Waals surface area contributed by atoms with Crippen LogP contribution in [0.4, 0.5) is 16.2 Å². The van der Waals surface area contributed by atoms with Gasteiger partial charge in [-0.05, 0) is 46.3 Å². The SMILES string of the molecule is O=C(Nc1cc(Br)ccc1Br)NC1C=C(O)C(=O)Nc2ccccc21. The largest absolute Gasteiger partial charge is 0.503 e. The van der Waals surface area contributed by atoms with Crippen LogP contribution in [0.1, 0.15) is 11.6 Å². The lowest BCUT2D eigenvalue weighted by Crippen LogP contribution is -2.32. The number of aliphatic hydroxyl groups excluding tert-OH is 1. The molecule has 0 fully saturated rings. The Kier molecular flexibility index (Phi) is 5.10. The average molecular weight is 467 g/mol. The molecule has 0 radical (unpaired) electrons. The minimum absolute atomic E-state index is 0.454. The molecule has 8 heteroatoms. The summed E-state index contributed by atoms with van der Waals surface area (Å²) in [5.74, 6) is -1.07. The highest BCUT2D eigenvalue weighted by Gasteiger charge is 2.23. The summed E-state index contributed by atoms with van der Waals surface area (Å²) in [6.07, 6.45) is 1.30. The molecule has 6 nitrogen and oxygen atoms in total. The summed E-state index contributed by atoms with van der Waals surface area (Å²) in [6.45, 7) is 0. The number of hydrogen-bond acceptors (Lipinski definition) is 3. The molecule has 1 heterocycles. The fourth-order valence-electron chi connectivity index (χ4n) is 2.40. The standard InChI is InChI=1S/C17H13Br2N3O3/c18-9-5-6-11(19)14(7-9)22-17(25)21-13-8-15(23)16(24)20-12-4-2-1-3-10(12)13/h1-8,13,23H,(H,20,24)(H2,21,22,25). The van der Waals surface area contributed by atoms with E-state index in [0.717, 1.165) is 8.95 Å². The minimum Gasteiger partial charge on any atom is -0.503 e. The van der Waals surface area contributed by atoms with Crippen LogP contribution < -0.4 is 16.0 Å². The molecule has 1 atom stereocenters. The molecule has 1 aliphatic heterocycles. The second-order valence-electron chi connectivity index (χ2n) is 5.29.